The molecule has 0 aromatic rings. The fraction of sp³-hybridized carbons (Fsp3) is 0.889. The smallest absolute Gasteiger partial charge is 0.142 e. The van der Waals surface area contributed by atoms with E-state index in [1.54, 1.807) is 11.8 Å². The summed E-state index contributed by atoms with van der Waals surface area (Å²) in [5.74, 6) is 2.83. The molecule has 0 atom stereocenters. The first kappa shape index (κ1) is 11.0. The molecule has 0 unspecified atom stereocenters. The van der Waals surface area contributed by atoms with Gasteiger partial charge in [-0.1, -0.05) is 20.8 Å². The van der Waals surface area contributed by atoms with E-state index < -0.39 is 0 Å². The maximum atomic E-state index is 11.1. The number of hydrogen-bond donors (Lipinski definition) is 0. The molecule has 0 bridgehead atoms. The zero-order valence-corrected chi connectivity index (χ0v) is 8.54. The Bertz CT molecular complexity index is 110. The van der Waals surface area contributed by atoms with E-state index in [1.807, 2.05) is 0 Å². The lowest BCUT2D eigenvalue weighted by molar-refractivity contribution is -0.116. The molecule has 0 N–H and O–H groups in total. The van der Waals surface area contributed by atoms with Crippen LogP contribution in [0.5, 0.6) is 0 Å². The lowest BCUT2D eigenvalue weighted by atomic mass is 10.1. The molecule has 0 radical (unpaired) electrons. The summed E-state index contributed by atoms with van der Waals surface area (Å²) in [5, 5.41) is 0. The van der Waals surface area contributed by atoms with Crippen molar-refractivity contribution in [3.63, 3.8) is 0 Å². The van der Waals surface area contributed by atoms with E-state index in [-0.39, 0.29) is 0 Å². The highest BCUT2D eigenvalue weighted by atomic mass is 32.2. The highest BCUT2D eigenvalue weighted by Crippen LogP contribution is 2.07. The lowest BCUT2D eigenvalue weighted by Crippen LogP contribution is -2.03. The zero-order chi connectivity index (χ0) is 8.69. The van der Waals surface area contributed by atoms with Crippen molar-refractivity contribution in [2.24, 2.45) is 5.92 Å². The van der Waals surface area contributed by atoms with Crippen molar-refractivity contribution in [2.45, 2.75) is 33.6 Å². The van der Waals surface area contributed by atoms with Gasteiger partial charge >= 0.3 is 0 Å². The first-order valence-electron chi connectivity index (χ1n) is 4.26. The minimum absolute atomic E-state index is 0.408. The Morgan fingerprint density at radius 1 is 1.45 bits per heavy atom. The Labute approximate surface area is 73.9 Å². The molecule has 11 heavy (non-hydrogen) atoms. The quantitative estimate of drug-likeness (QED) is 0.616. The van der Waals surface area contributed by atoms with Crippen molar-refractivity contribution in [3.05, 3.63) is 0 Å². The molecule has 0 aromatic heterocycles. The molecule has 0 fully saturated rings. The average Bonchev–Trinajstić information content (AvgIpc) is 1.97. The Morgan fingerprint density at radius 2 is 2.09 bits per heavy atom. The monoisotopic (exact) mass is 174 g/mol. The predicted molar refractivity (Wildman–Crippen MR) is 52.1 cm³/mol. The summed E-state index contributed by atoms with van der Waals surface area (Å²) in [4.78, 5) is 11.1. The largest absolute Gasteiger partial charge is 0.299 e. The predicted octanol–water partition coefficient (Wildman–Crippen LogP) is 2.74. The Hall–Kier alpha value is 0.0200. The average molecular weight is 174 g/mol. The maximum absolute atomic E-state index is 11.1. The second-order valence-corrected chi connectivity index (χ2v) is 4.38. The Morgan fingerprint density at radius 3 is 2.55 bits per heavy atom. The molecule has 0 saturated carbocycles. The van der Waals surface area contributed by atoms with Crippen LogP contribution in [0.15, 0.2) is 0 Å². The van der Waals surface area contributed by atoms with Gasteiger partial charge in [0.1, 0.15) is 5.78 Å². The first-order chi connectivity index (χ1) is 5.16. The van der Waals surface area contributed by atoms with Crippen LogP contribution in [0.25, 0.3) is 0 Å². The number of thioether (sulfide) groups is 1. The van der Waals surface area contributed by atoms with Gasteiger partial charge in [0.25, 0.3) is 0 Å². The van der Waals surface area contributed by atoms with Gasteiger partial charge in [0, 0.05) is 6.42 Å². The van der Waals surface area contributed by atoms with E-state index >= 15 is 0 Å². The second kappa shape index (κ2) is 6.71. The molecular formula is C9H18OS. The molecule has 2 heteroatoms. The summed E-state index contributed by atoms with van der Waals surface area (Å²) in [5.41, 5.74) is 0. The molecule has 0 rings (SSSR count). The third kappa shape index (κ3) is 7.92. The van der Waals surface area contributed by atoms with Crippen molar-refractivity contribution in [3.8, 4) is 0 Å². The van der Waals surface area contributed by atoms with Gasteiger partial charge in [0.2, 0.25) is 0 Å². The second-order valence-electron chi connectivity index (χ2n) is 3.11. The van der Waals surface area contributed by atoms with Gasteiger partial charge < -0.3 is 0 Å². The molecular weight excluding hydrogens is 156 g/mol. The van der Waals surface area contributed by atoms with Gasteiger partial charge in [0.05, 0.1) is 5.75 Å². The molecule has 0 aliphatic rings. The van der Waals surface area contributed by atoms with Crippen LogP contribution in [0.1, 0.15) is 33.6 Å². The molecule has 0 aliphatic heterocycles. The number of rotatable bonds is 6. The first-order valence-corrected chi connectivity index (χ1v) is 5.41. The normalized spacial score (nSPS) is 10.5. The van der Waals surface area contributed by atoms with E-state index in [4.69, 9.17) is 0 Å². The lowest BCUT2D eigenvalue weighted by Gasteiger charge is -2.02. The van der Waals surface area contributed by atoms with Gasteiger partial charge in [-0.3, -0.25) is 4.79 Å². The number of Topliss-reactive ketones (excluding diaryl/α,β-unsaturated/α-hetero) is 1. The van der Waals surface area contributed by atoms with Crippen LogP contribution in [-0.4, -0.2) is 17.3 Å². The number of hydrogen-bond acceptors (Lipinski definition) is 2. The third-order valence-corrected chi connectivity index (χ3v) is 2.40. The highest BCUT2D eigenvalue weighted by molar-refractivity contribution is 7.99. The number of ketones is 1. The van der Waals surface area contributed by atoms with Crippen LogP contribution in [0, 0.1) is 5.92 Å². The SMILES string of the molecule is CCSCC(=O)CCC(C)C. The Kier molecular flexibility index (Phi) is 6.73. The zero-order valence-electron chi connectivity index (χ0n) is 7.72. The van der Waals surface area contributed by atoms with Crippen molar-refractivity contribution >= 4 is 17.5 Å². The third-order valence-electron chi connectivity index (χ3n) is 1.47. The van der Waals surface area contributed by atoms with Crippen molar-refractivity contribution in [1.82, 2.24) is 0 Å². The topological polar surface area (TPSA) is 17.1 Å². The van der Waals surface area contributed by atoms with E-state index in [0.717, 1.165) is 18.6 Å². The van der Waals surface area contributed by atoms with E-state index in [0.29, 0.717) is 17.5 Å². The van der Waals surface area contributed by atoms with Gasteiger partial charge in [-0.05, 0) is 18.1 Å². The van der Waals surface area contributed by atoms with Crippen LogP contribution in [0.4, 0.5) is 0 Å². The van der Waals surface area contributed by atoms with Crippen LogP contribution in [0.3, 0.4) is 0 Å². The minimum Gasteiger partial charge on any atom is -0.299 e. The van der Waals surface area contributed by atoms with Crippen molar-refractivity contribution in [2.75, 3.05) is 11.5 Å². The van der Waals surface area contributed by atoms with E-state index in [1.165, 1.54) is 0 Å². The molecule has 1 nitrogen and oxygen atoms in total. The highest BCUT2D eigenvalue weighted by Gasteiger charge is 2.02. The van der Waals surface area contributed by atoms with Gasteiger partial charge in [-0.25, -0.2) is 0 Å². The molecule has 0 saturated heterocycles. The summed E-state index contributed by atoms with van der Waals surface area (Å²) >= 11 is 1.72. The van der Waals surface area contributed by atoms with Gasteiger partial charge in [0.15, 0.2) is 0 Å². The van der Waals surface area contributed by atoms with Crippen LogP contribution in [-0.2, 0) is 4.79 Å². The number of carbonyl (C=O) groups excluding carboxylic acids is 1. The molecule has 0 amide bonds. The van der Waals surface area contributed by atoms with Gasteiger partial charge in [-0.15, -0.1) is 0 Å². The maximum Gasteiger partial charge on any atom is 0.142 e. The van der Waals surface area contributed by atoms with Gasteiger partial charge in [-0.2, -0.15) is 11.8 Å². The minimum atomic E-state index is 0.408. The van der Waals surface area contributed by atoms with Crippen LogP contribution in [0.2, 0.25) is 0 Å². The summed E-state index contributed by atoms with van der Waals surface area (Å²) in [6.45, 7) is 6.39. The summed E-state index contributed by atoms with van der Waals surface area (Å²) in [6.07, 6.45) is 1.81. The van der Waals surface area contributed by atoms with Crippen LogP contribution < -0.4 is 0 Å². The van der Waals surface area contributed by atoms with E-state index in [9.17, 15) is 4.79 Å². The standard InChI is InChI=1S/C9H18OS/c1-4-11-7-9(10)6-5-8(2)3/h8H,4-7H2,1-3H3. The summed E-state index contributed by atoms with van der Waals surface area (Å²) < 4.78 is 0. The molecule has 0 aliphatic carbocycles. The fourth-order valence-corrected chi connectivity index (χ4v) is 1.31. The number of carbonyl (C=O) groups is 1. The molecule has 0 heterocycles. The Balaban J connectivity index is 3.23. The molecule has 0 spiro atoms. The molecule has 0 aromatic carbocycles. The van der Waals surface area contributed by atoms with Crippen molar-refractivity contribution < 1.29 is 4.79 Å². The van der Waals surface area contributed by atoms with Crippen LogP contribution >= 0.6 is 11.8 Å². The summed E-state index contributed by atoms with van der Waals surface area (Å²) in [7, 11) is 0. The fourth-order valence-electron chi connectivity index (χ4n) is 0.738. The van der Waals surface area contributed by atoms with Crippen molar-refractivity contribution in [1.29, 1.82) is 0 Å². The summed E-state index contributed by atoms with van der Waals surface area (Å²) in [6, 6.07) is 0. The van der Waals surface area contributed by atoms with E-state index in [2.05, 4.69) is 20.8 Å². The molecule has 66 valence electrons.